The van der Waals surface area contributed by atoms with Crippen molar-refractivity contribution >= 4 is 5.97 Å². The molecule has 46 valence electrons. The van der Waals surface area contributed by atoms with Crippen molar-refractivity contribution in [2.45, 2.75) is 6.43 Å². The van der Waals surface area contributed by atoms with Gasteiger partial charge in [-0.2, -0.15) is 0 Å². The second-order valence-corrected chi connectivity index (χ2v) is 1.03. The number of carbonyl (C=O) groups is 1. The lowest BCUT2D eigenvalue weighted by Crippen LogP contribution is -1.89. The lowest BCUT2D eigenvalue weighted by Gasteiger charge is -1.80. The summed E-state index contributed by atoms with van der Waals surface area (Å²) in [7, 11) is 0. The maximum absolute atomic E-state index is 11.0. The summed E-state index contributed by atoms with van der Waals surface area (Å²) >= 11 is 0. The third-order valence-corrected chi connectivity index (χ3v) is 0.384. The normalized spacial score (nSPS) is 10.9. The molecule has 0 spiro atoms. The van der Waals surface area contributed by atoms with Crippen LogP contribution in [0.25, 0.3) is 0 Å². The molecule has 0 bridgehead atoms. The van der Waals surface area contributed by atoms with Crippen LogP contribution in [0.15, 0.2) is 12.2 Å². The predicted octanol–water partition coefficient (Wildman–Crippen LogP) is 0.892. The van der Waals surface area contributed by atoms with Crippen LogP contribution >= 0.6 is 0 Å². The molecule has 0 rings (SSSR count). The Kier molecular flexibility index (Phi) is 2.76. The largest absolute Gasteiger partial charge is 0.478 e. The molecule has 0 amide bonds. The summed E-state index contributed by atoms with van der Waals surface area (Å²) in [6, 6.07) is 0. The van der Waals surface area contributed by atoms with Gasteiger partial charge in [0.05, 0.1) is 0 Å². The molecular weight excluding hydrogens is 118 g/mol. The van der Waals surface area contributed by atoms with E-state index in [2.05, 4.69) is 0 Å². The lowest BCUT2D eigenvalue weighted by atomic mass is 10.5. The first-order valence-electron chi connectivity index (χ1n) is 1.82. The molecule has 4 heteroatoms. The first kappa shape index (κ1) is 7.07. The summed E-state index contributed by atoms with van der Waals surface area (Å²) in [4.78, 5) is 9.48. The van der Waals surface area contributed by atoms with Crippen molar-refractivity contribution in [2.24, 2.45) is 0 Å². The van der Waals surface area contributed by atoms with Crippen molar-refractivity contribution < 1.29 is 18.7 Å². The summed E-state index contributed by atoms with van der Waals surface area (Å²) in [6.07, 6.45) is -1.96. The highest BCUT2D eigenvalue weighted by atomic mass is 19.3. The summed E-state index contributed by atoms with van der Waals surface area (Å²) in [5, 5.41) is 7.74. The average molecular weight is 122 g/mol. The molecule has 2 nitrogen and oxygen atoms in total. The zero-order valence-electron chi connectivity index (χ0n) is 3.84. The number of aliphatic carboxylic acids is 1. The number of carboxylic acid groups (broad SMARTS) is 1. The summed E-state index contributed by atoms with van der Waals surface area (Å²) in [5.74, 6) is -1.36. The molecule has 8 heavy (non-hydrogen) atoms. The van der Waals surface area contributed by atoms with E-state index in [0.717, 1.165) is 0 Å². The highest BCUT2D eigenvalue weighted by Gasteiger charge is 1.93. The quantitative estimate of drug-likeness (QED) is 0.552. The molecule has 0 aromatic carbocycles. The molecular formula is C4H4F2O2. The molecule has 1 N–H and O–H groups in total. The van der Waals surface area contributed by atoms with E-state index in [0.29, 0.717) is 12.2 Å². The van der Waals surface area contributed by atoms with E-state index in [4.69, 9.17) is 5.11 Å². The molecule has 0 heterocycles. The van der Waals surface area contributed by atoms with E-state index in [1.165, 1.54) is 0 Å². The van der Waals surface area contributed by atoms with Gasteiger partial charge in [0.25, 0.3) is 6.43 Å². The number of halogens is 2. The molecule has 0 aliphatic carbocycles. The molecule has 0 radical (unpaired) electrons. The van der Waals surface area contributed by atoms with Gasteiger partial charge in [-0.25, -0.2) is 13.6 Å². The second-order valence-electron chi connectivity index (χ2n) is 1.03. The SMILES string of the molecule is O=C(O)C=CC(F)F. The maximum atomic E-state index is 11.0. The minimum absolute atomic E-state index is 0.308. The zero-order valence-corrected chi connectivity index (χ0v) is 3.84. The lowest BCUT2D eigenvalue weighted by molar-refractivity contribution is -0.131. The van der Waals surface area contributed by atoms with Gasteiger partial charge in [0.1, 0.15) is 0 Å². The van der Waals surface area contributed by atoms with Crippen LogP contribution < -0.4 is 0 Å². The number of carboxylic acids is 1. The van der Waals surface area contributed by atoms with E-state index in [9.17, 15) is 13.6 Å². The van der Waals surface area contributed by atoms with E-state index in [-0.39, 0.29) is 0 Å². The zero-order chi connectivity index (χ0) is 6.57. The van der Waals surface area contributed by atoms with E-state index in [1.54, 1.807) is 0 Å². The molecule has 0 atom stereocenters. The fourth-order valence-corrected chi connectivity index (χ4v) is 0.155. The van der Waals surface area contributed by atoms with Crippen molar-refractivity contribution in [3.63, 3.8) is 0 Å². The van der Waals surface area contributed by atoms with Crippen LogP contribution in [-0.2, 0) is 4.79 Å². The van der Waals surface area contributed by atoms with Crippen LogP contribution in [0, 0.1) is 0 Å². The molecule has 0 unspecified atom stereocenters. The number of hydrogen-bond acceptors (Lipinski definition) is 1. The van der Waals surface area contributed by atoms with E-state index in [1.807, 2.05) is 0 Å². The van der Waals surface area contributed by atoms with Crippen molar-refractivity contribution in [3.8, 4) is 0 Å². The first-order valence-corrected chi connectivity index (χ1v) is 1.82. The third kappa shape index (κ3) is 5.07. The van der Waals surface area contributed by atoms with Gasteiger partial charge in [-0.15, -0.1) is 0 Å². The van der Waals surface area contributed by atoms with Crippen LogP contribution in [0.3, 0.4) is 0 Å². The topological polar surface area (TPSA) is 37.3 Å². The van der Waals surface area contributed by atoms with Gasteiger partial charge in [0.2, 0.25) is 0 Å². The molecule has 0 aromatic heterocycles. The Bertz CT molecular complexity index is 109. The fraction of sp³-hybridized carbons (Fsp3) is 0.250. The van der Waals surface area contributed by atoms with Crippen LogP contribution in [0.4, 0.5) is 8.78 Å². The first-order chi connectivity index (χ1) is 3.63. The minimum Gasteiger partial charge on any atom is -0.478 e. The number of rotatable bonds is 2. The third-order valence-electron chi connectivity index (χ3n) is 0.384. The van der Waals surface area contributed by atoms with Crippen molar-refractivity contribution in [2.75, 3.05) is 0 Å². The average Bonchev–Trinajstić information content (AvgIpc) is 1.61. The minimum atomic E-state index is -2.67. The monoisotopic (exact) mass is 122 g/mol. The van der Waals surface area contributed by atoms with Gasteiger partial charge in [-0.1, -0.05) is 0 Å². The standard InChI is InChI=1S/C4H4F2O2/c5-3(6)1-2-4(7)8/h1-3H,(H,7,8). The Hall–Kier alpha value is -0.930. The van der Waals surface area contributed by atoms with E-state index < -0.39 is 12.4 Å². The molecule has 0 saturated carbocycles. The van der Waals surface area contributed by atoms with Crippen LogP contribution in [0.2, 0.25) is 0 Å². The molecule has 0 aromatic rings. The van der Waals surface area contributed by atoms with Crippen LogP contribution in [0.5, 0.6) is 0 Å². The molecule has 0 aliphatic rings. The molecule has 0 saturated heterocycles. The summed E-state index contributed by atoms with van der Waals surface area (Å²) in [5.41, 5.74) is 0. The molecule has 0 fully saturated rings. The van der Waals surface area contributed by atoms with Crippen LogP contribution in [-0.4, -0.2) is 17.5 Å². The van der Waals surface area contributed by atoms with Crippen molar-refractivity contribution in [1.82, 2.24) is 0 Å². The Morgan fingerprint density at radius 3 is 2.25 bits per heavy atom. The maximum Gasteiger partial charge on any atom is 0.328 e. The predicted molar refractivity (Wildman–Crippen MR) is 22.8 cm³/mol. The Labute approximate surface area is 44.4 Å². The van der Waals surface area contributed by atoms with Crippen LogP contribution in [0.1, 0.15) is 0 Å². The number of allylic oxidation sites excluding steroid dienone is 1. The summed E-state index contributed by atoms with van der Waals surface area (Å²) in [6.45, 7) is 0. The van der Waals surface area contributed by atoms with Crippen molar-refractivity contribution in [1.29, 1.82) is 0 Å². The number of hydrogen-bond donors (Lipinski definition) is 1. The van der Waals surface area contributed by atoms with Gasteiger partial charge in [0.15, 0.2) is 0 Å². The van der Waals surface area contributed by atoms with Gasteiger partial charge in [-0.05, 0) is 6.08 Å². The van der Waals surface area contributed by atoms with Gasteiger partial charge in [-0.3, -0.25) is 0 Å². The highest BCUT2D eigenvalue weighted by Crippen LogP contribution is 1.91. The van der Waals surface area contributed by atoms with Gasteiger partial charge >= 0.3 is 5.97 Å². The highest BCUT2D eigenvalue weighted by molar-refractivity contribution is 5.79. The van der Waals surface area contributed by atoms with Gasteiger partial charge in [0, 0.05) is 6.08 Å². The number of alkyl halides is 2. The van der Waals surface area contributed by atoms with Crippen molar-refractivity contribution in [3.05, 3.63) is 12.2 Å². The Morgan fingerprint density at radius 1 is 1.62 bits per heavy atom. The summed E-state index contributed by atoms with van der Waals surface area (Å²) < 4.78 is 22.1. The Balaban J connectivity index is 3.50. The fourth-order valence-electron chi connectivity index (χ4n) is 0.155. The van der Waals surface area contributed by atoms with Gasteiger partial charge < -0.3 is 5.11 Å². The smallest absolute Gasteiger partial charge is 0.328 e. The molecule has 0 aliphatic heterocycles. The Morgan fingerprint density at radius 2 is 2.12 bits per heavy atom. The second kappa shape index (κ2) is 3.12. The van der Waals surface area contributed by atoms with E-state index >= 15 is 0 Å².